The first-order chi connectivity index (χ1) is 8.74. The minimum absolute atomic E-state index is 0.612. The lowest BCUT2D eigenvalue weighted by atomic mass is 10.1. The summed E-state index contributed by atoms with van der Waals surface area (Å²) in [7, 11) is 0. The predicted molar refractivity (Wildman–Crippen MR) is 74.0 cm³/mol. The summed E-state index contributed by atoms with van der Waals surface area (Å²) in [6, 6.07) is 15.9. The van der Waals surface area contributed by atoms with Crippen LogP contribution >= 0.6 is 11.6 Å². The minimum atomic E-state index is 0.612. The van der Waals surface area contributed by atoms with E-state index >= 15 is 0 Å². The predicted octanol–water partition coefficient (Wildman–Crippen LogP) is 3.68. The van der Waals surface area contributed by atoms with E-state index in [-0.39, 0.29) is 0 Å². The maximum atomic E-state index is 8.18. The molecule has 0 saturated carbocycles. The molecule has 2 nitrogen and oxygen atoms in total. The molecule has 0 unspecified atom stereocenters. The molecule has 0 saturated heterocycles. The van der Waals surface area contributed by atoms with Gasteiger partial charge in [-0.1, -0.05) is 48.0 Å². The van der Waals surface area contributed by atoms with Gasteiger partial charge in [0.15, 0.2) is 0 Å². The maximum absolute atomic E-state index is 8.18. The topological polar surface area (TPSA) is 27.1 Å². The molecule has 3 heteroatoms. The highest BCUT2D eigenvalue weighted by Gasteiger charge is 2.23. The van der Waals surface area contributed by atoms with Crippen molar-refractivity contribution in [1.29, 1.82) is 5.41 Å². The van der Waals surface area contributed by atoms with Gasteiger partial charge in [0.25, 0.3) is 0 Å². The lowest BCUT2D eigenvalue weighted by Crippen LogP contribution is -2.23. The van der Waals surface area contributed by atoms with Gasteiger partial charge in [-0.2, -0.15) is 0 Å². The second-order valence-electron chi connectivity index (χ2n) is 4.49. The van der Waals surface area contributed by atoms with Crippen LogP contribution < -0.4 is 0 Å². The van der Waals surface area contributed by atoms with Crippen LogP contribution in [0.5, 0.6) is 0 Å². The second-order valence-corrected chi connectivity index (χ2v) is 4.92. The largest absolute Gasteiger partial charge is 0.348 e. The Morgan fingerprint density at radius 2 is 1.78 bits per heavy atom. The van der Waals surface area contributed by atoms with Crippen molar-refractivity contribution in [3.05, 3.63) is 70.2 Å². The molecule has 0 spiro atoms. The van der Waals surface area contributed by atoms with Crippen molar-refractivity contribution in [2.75, 3.05) is 0 Å². The SMILES string of the molecule is N=C1c2ccccc2CN1Cc1ccc(Cl)cc1. The minimum Gasteiger partial charge on any atom is -0.348 e. The van der Waals surface area contributed by atoms with E-state index in [0.717, 1.165) is 23.7 Å². The van der Waals surface area contributed by atoms with E-state index in [1.54, 1.807) is 0 Å². The molecule has 2 aromatic rings. The van der Waals surface area contributed by atoms with Crippen molar-refractivity contribution in [2.24, 2.45) is 0 Å². The molecule has 18 heavy (non-hydrogen) atoms. The van der Waals surface area contributed by atoms with Crippen LogP contribution in [0.2, 0.25) is 5.02 Å². The number of benzene rings is 2. The lowest BCUT2D eigenvalue weighted by Gasteiger charge is -2.17. The monoisotopic (exact) mass is 256 g/mol. The van der Waals surface area contributed by atoms with Gasteiger partial charge >= 0.3 is 0 Å². The number of fused-ring (bicyclic) bond motifs is 1. The number of nitrogens with one attached hydrogen (secondary N) is 1. The molecule has 0 atom stereocenters. The number of amidine groups is 1. The molecule has 0 aliphatic carbocycles. The molecule has 1 aliphatic heterocycles. The van der Waals surface area contributed by atoms with Gasteiger partial charge < -0.3 is 4.90 Å². The molecular formula is C15H13ClN2. The first kappa shape index (κ1) is 11.3. The summed E-state index contributed by atoms with van der Waals surface area (Å²) < 4.78 is 0. The Morgan fingerprint density at radius 1 is 1.06 bits per heavy atom. The van der Waals surface area contributed by atoms with E-state index in [4.69, 9.17) is 17.0 Å². The highest BCUT2D eigenvalue weighted by molar-refractivity contribution is 6.30. The smallest absolute Gasteiger partial charge is 0.129 e. The van der Waals surface area contributed by atoms with Crippen molar-refractivity contribution in [3.63, 3.8) is 0 Å². The Hall–Kier alpha value is -1.80. The van der Waals surface area contributed by atoms with Crippen LogP contribution in [0.1, 0.15) is 16.7 Å². The first-order valence-electron chi connectivity index (χ1n) is 5.90. The van der Waals surface area contributed by atoms with E-state index in [2.05, 4.69) is 11.0 Å². The molecule has 2 aromatic carbocycles. The van der Waals surface area contributed by atoms with Crippen molar-refractivity contribution < 1.29 is 0 Å². The molecule has 1 heterocycles. The molecule has 0 radical (unpaired) electrons. The molecule has 0 aromatic heterocycles. The van der Waals surface area contributed by atoms with Gasteiger partial charge in [0, 0.05) is 23.7 Å². The highest BCUT2D eigenvalue weighted by Crippen LogP contribution is 2.24. The van der Waals surface area contributed by atoms with Crippen molar-refractivity contribution >= 4 is 17.4 Å². The third-order valence-electron chi connectivity index (χ3n) is 3.24. The van der Waals surface area contributed by atoms with Crippen molar-refractivity contribution in [3.8, 4) is 0 Å². The van der Waals surface area contributed by atoms with Gasteiger partial charge in [0.1, 0.15) is 5.84 Å². The quantitative estimate of drug-likeness (QED) is 0.872. The summed E-state index contributed by atoms with van der Waals surface area (Å²) >= 11 is 5.87. The van der Waals surface area contributed by atoms with E-state index in [1.807, 2.05) is 42.5 Å². The first-order valence-corrected chi connectivity index (χ1v) is 6.28. The number of nitrogens with zero attached hydrogens (tertiary/aromatic N) is 1. The van der Waals surface area contributed by atoms with Crippen LogP contribution in [0.4, 0.5) is 0 Å². The number of halogens is 1. The number of hydrogen-bond donors (Lipinski definition) is 1. The second kappa shape index (κ2) is 4.46. The summed E-state index contributed by atoms with van der Waals surface area (Å²) in [4.78, 5) is 2.08. The molecule has 1 aliphatic rings. The third kappa shape index (κ3) is 2.00. The van der Waals surface area contributed by atoms with Crippen molar-refractivity contribution in [2.45, 2.75) is 13.1 Å². The van der Waals surface area contributed by atoms with Crippen LogP contribution in [-0.2, 0) is 13.1 Å². The van der Waals surface area contributed by atoms with Crippen LogP contribution in [0.3, 0.4) is 0 Å². The number of rotatable bonds is 2. The van der Waals surface area contributed by atoms with Crippen LogP contribution in [0, 0.1) is 5.41 Å². The standard InChI is InChI=1S/C15H13ClN2/c16-13-7-5-11(6-8-13)9-18-10-12-3-1-2-4-14(12)15(18)17/h1-8,17H,9-10H2. The molecule has 0 amide bonds. The zero-order chi connectivity index (χ0) is 12.5. The lowest BCUT2D eigenvalue weighted by molar-refractivity contribution is 0.422. The summed E-state index contributed by atoms with van der Waals surface area (Å²) in [6.07, 6.45) is 0. The average molecular weight is 257 g/mol. The van der Waals surface area contributed by atoms with Gasteiger partial charge in [0.2, 0.25) is 0 Å². The van der Waals surface area contributed by atoms with Crippen LogP contribution in [0.15, 0.2) is 48.5 Å². The molecule has 3 rings (SSSR count). The van der Waals surface area contributed by atoms with E-state index in [9.17, 15) is 0 Å². The summed E-state index contributed by atoms with van der Waals surface area (Å²) in [6.45, 7) is 1.57. The molecular weight excluding hydrogens is 244 g/mol. The van der Waals surface area contributed by atoms with E-state index < -0.39 is 0 Å². The Kier molecular flexibility index (Phi) is 2.80. The molecule has 90 valence electrons. The van der Waals surface area contributed by atoms with Gasteiger partial charge in [-0.25, -0.2) is 0 Å². The number of hydrogen-bond acceptors (Lipinski definition) is 1. The Balaban J connectivity index is 1.81. The summed E-state index contributed by atoms with van der Waals surface area (Å²) in [5.41, 5.74) is 3.46. The third-order valence-corrected chi connectivity index (χ3v) is 3.49. The van der Waals surface area contributed by atoms with Gasteiger partial charge in [-0.05, 0) is 23.3 Å². The Morgan fingerprint density at radius 3 is 2.50 bits per heavy atom. The molecule has 1 N–H and O–H groups in total. The maximum Gasteiger partial charge on any atom is 0.129 e. The van der Waals surface area contributed by atoms with Gasteiger partial charge in [-0.15, -0.1) is 0 Å². The van der Waals surface area contributed by atoms with Gasteiger partial charge in [-0.3, -0.25) is 5.41 Å². The van der Waals surface area contributed by atoms with E-state index in [1.165, 1.54) is 11.1 Å². The fraction of sp³-hybridized carbons (Fsp3) is 0.133. The Labute approximate surface area is 111 Å². The zero-order valence-corrected chi connectivity index (χ0v) is 10.6. The average Bonchev–Trinajstić information content (AvgIpc) is 2.70. The highest BCUT2D eigenvalue weighted by atomic mass is 35.5. The summed E-state index contributed by atoms with van der Waals surface area (Å²) in [5, 5.41) is 8.93. The van der Waals surface area contributed by atoms with Gasteiger partial charge in [0.05, 0.1) is 0 Å². The molecule has 0 bridgehead atoms. The Bertz CT molecular complexity index is 590. The fourth-order valence-corrected chi connectivity index (χ4v) is 2.42. The van der Waals surface area contributed by atoms with E-state index in [0.29, 0.717) is 5.84 Å². The summed E-state index contributed by atoms with van der Waals surface area (Å²) in [5.74, 6) is 0.612. The fourth-order valence-electron chi connectivity index (χ4n) is 2.29. The molecule has 0 fully saturated rings. The normalized spacial score (nSPS) is 13.8. The van der Waals surface area contributed by atoms with Crippen LogP contribution in [-0.4, -0.2) is 10.7 Å². The zero-order valence-electron chi connectivity index (χ0n) is 9.86. The van der Waals surface area contributed by atoms with Crippen LogP contribution in [0.25, 0.3) is 0 Å². The van der Waals surface area contributed by atoms with Crippen molar-refractivity contribution in [1.82, 2.24) is 4.90 Å².